The van der Waals surface area contributed by atoms with Crippen molar-refractivity contribution in [3.8, 4) is 11.5 Å². The molecule has 1 spiro atoms. The Kier molecular flexibility index (Phi) is 3.87. The van der Waals surface area contributed by atoms with Crippen LogP contribution in [-0.2, 0) is 6.18 Å². The zero-order chi connectivity index (χ0) is 18.5. The highest BCUT2D eigenvalue weighted by atomic mass is 19.4. The van der Waals surface area contributed by atoms with Gasteiger partial charge in [-0.3, -0.25) is 0 Å². The zero-order valence-corrected chi connectivity index (χ0v) is 14.1. The molecule has 1 aromatic heterocycles. The van der Waals surface area contributed by atoms with Crippen LogP contribution in [0.2, 0.25) is 0 Å². The number of nitrogens with zero attached hydrogens (tertiary/aromatic N) is 1. The van der Waals surface area contributed by atoms with Crippen molar-refractivity contribution >= 4 is 5.69 Å². The minimum atomic E-state index is -4.48. The molecule has 1 aliphatic heterocycles. The maximum absolute atomic E-state index is 13.4. The van der Waals surface area contributed by atoms with Crippen molar-refractivity contribution in [3.05, 3.63) is 34.3 Å². The summed E-state index contributed by atoms with van der Waals surface area (Å²) in [6, 6.07) is 3.47. The van der Waals surface area contributed by atoms with Crippen LogP contribution in [0.25, 0.3) is 11.5 Å². The van der Waals surface area contributed by atoms with E-state index in [2.05, 4.69) is 20.8 Å². The van der Waals surface area contributed by atoms with Crippen LogP contribution in [0.1, 0.15) is 25.3 Å². The molecule has 2 aliphatic rings. The number of rotatable bonds is 4. The third kappa shape index (κ3) is 3.00. The second-order valence-corrected chi connectivity index (χ2v) is 7.38. The number of aromatic amines is 1. The normalized spacial score (nSPS) is 20.5. The first-order valence-corrected chi connectivity index (χ1v) is 8.50. The van der Waals surface area contributed by atoms with Crippen LogP contribution in [0.15, 0.2) is 27.4 Å². The van der Waals surface area contributed by atoms with E-state index in [1.807, 2.05) is 6.92 Å². The van der Waals surface area contributed by atoms with Gasteiger partial charge in [0.15, 0.2) is 0 Å². The number of nitrogens with one attached hydrogen (secondary N) is 3. The predicted molar refractivity (Wildman–Crippen MR) is 88.7 cm³/mol. The molecular formula is C17H19F3N4O2. The van der Waals surface area contributed by atoms with Crippen molar-refractivity contribution in [1.82, 2.24) is 15.5 Å². The van der Waals surface area contributed by atoms with E-state index in [0.29, 0.717) is 16.9 Å². The monoisotopic (exact) mass is 368 g/mol. The minimum Gasteiger partial charge on any atom is -0.388 e. The van der Waals surface area contributed by atoms with Gasteiger partial charge < -0.3 is 15.1 Å². The number of hydrogen-bond acceptors (Lipinski definition) is 5. The van der Waals surface area contributed by atoms with Gasteiger partial charge in [0.1, 0.15) is 0 Å². The van der Waals surface area contributed by atoms with Crippen molar-refractivity contribution < 1.29 is 17.6 Å². The van der Waals surface area contributed by atoms with Gasteiger partial charge in [0.2, 0.25) is 5.89 Å². The largest absolute Gasteiger partial charge is 0.434 e. The van der Waals surface area contributed by atoms with E-state index >= 15 is 0 Å². The van der Waals surface area contributed by atoms with Gasteiger partial charge in [0.05, 0.1) is 5.56 Å². The molecule has 1 aromatic carbocycles. The minimum absolute atomic E-state index is 0.0270. The summed E-state index contributed by atoms with van der Waals surface area (Å²) in [5, 5.41) is 12.1. The van der Waals surface area contributed by atoms with Gasteiger partial charge >= 0.3 is 11.9 Å². The predicted octanol–water partition coefficient (Wildman–Crippen LogP) is 2.85. The molecule has 4 rings (SSSR count). The Balaban J connectivity index is 1.58. The number of alkyl halides is 3. The van der Waals surface area contributed by atoms with Crippen LogP contribution >= 0.6 is 0 Å². The molecule has 1 atom stereocenters. The number of halogens is 3. The number of hydrogen-bond donors (Lipinski definition) is 3. The molecule has 3 N–H and O–H groups in total. The van der Waals surface area contributed by atoms with Crippen LogP contribution in [0, 0.1) is 11.3 Å². The molecule has 0 radical (unpaired) electrons. The van der Waals surface area contributed by atoms with Gasteiger partial charge in [0.25, 0.3) is 0 Å². The van der Waals surface area contributed by atoms with Gasteiger partial charge in [-0.2, -0.15) is 13.2 Å². The molecule has 0 unspecified atom stereocenters. The van der Waals surface area contributed by atoms with E-state index in [4.69, 9.17) is 4.42 Å². The molecule has 2 fully saturated rings. The Bertz CT molecular complexity index is 861. The lowest BCUT2D eigenvalue weighted by atomic mass is 9.57. The first-order valence-electron chi connectivity index (χ1n) is 8.50. The average Bonchev–Trinajstić information content (AvgIpc) is 2.89. The maximum atomic E-state index is 13.4. The van der Waals surface area contributed by atoms with Gasteiger partial charge in [-0.15, -0.1) is 5.10 Å². The van der Waals surface area contributed by atoms with Gasteiger partial charge in [-0.1, -0.05) is 0 Å². The lowest BCUT2D eigenvalue weighted by Crippen LogP contribution is -2.62. The van der Waals surface area contributed by atoms with Crippen molar-refractivity contribution in [2.24, 2.45) is 11.3 Å². The number of benzene rings is 1. The Hall–Kier alpha value is -2.29. The molecular weight excluding hydrogens is 349 g/mol. The van der Waals surface area contributed by atoms with Crippen LogP contribution in [-0.4, -0.2) is 29.3 Å². The Morgan fingerprint density at radius 1 is 1.35 bits per heavy atom. The summed E-state index contributed by atoms with van der Waals surface area (Å²) in [6.45, 7) is 3.90. The van der Waals surface area contributed by atoms with Gasteiger partial charge in [-0.05, 0) is 49.3 Å². The second kappa shape index (κ2) is 5.87. The summed E-state index contributed by atoms with van der Waals surface area (Å²) in [4.78, 5) is 11.1. The van der Waals surface area contributed by atoms with E-state index in [9.17, 15) is 18.0 Å². The van der Waals surface area contributed by atoms with Crippen molar-refractivity contribution in [3.63, 3.8) is 0 Å². The van der Waals surface area contributed by atoms with Crippen molar-refractivity contribution in [2.75, 3.05) is 18.4 Å². The van der Waals surface area contributed by atoms with Crippen LogP contribution < -0.4 is 16.4 Å². The molecule has 140 valence electrons. The Labute approximate surface area is 147 Å². The van der Waals surface area contributed by atoms with E-state index in [1.54, 1.807) is 0 Å². The quantitative estimate of drug-likeness (QED) is 0.773. The third-order valence-electron chi connectivity index (χ3n) is 5.49. The van der Waals surface area contributed by atoms with Gasteiger partial charge in [0, 0.05) is 30.4 Å². The zero-order valence-electron chi connectivity index (χ0n) is 14.1. The summed E-state index contributed by atoms with van der Waals surface area (Å²) in [5.41, 5.74) is -0.112. The van der Waals surface area contributed by atoms with E-state index in [-0.39, 0.29) is 17.6 Å². The highest BCUT2D eigenvalue weighted by Gasteiger charge is 2.50. The number of aromatic nitrogens is 2. The molecule has 9 heteroatoms. The molecule has 0 amide bonds. The molecule has 26 heavy (non-hydrogen) atoms. The highest BCUT2D eigenvalue weighted by molar-refractivity contribution is 5.65. The topological polar surface area (TPSA) is 83.0 Å². The molecule has 2 heterocycles. The fourth-order valence-electron chi connectivity index (χ4n) is 3.93. The average molecular weight is 368 g/mol. The van der Waals surface area contributed by atoms with Gasteiger partial charge in [-0.25, -0.2) is 9.89 Å². The molecule has 0 bridgehead atoms. The standard InChI is InChI=1S/C17H19F3N4O2/c1-9(11-5-16(6-11)7-21-8-16)22-13-4-10(14-23-24-15(25)26-14)2-3-12(13)17(18,19)20/h2-4,9,11,21-22H,5-8H2,1H3,(H,24,25)/t9-/m0/s1. The third-order valence-corrected chi connectivity index (χ3v) is 5.49. The summed E-state index contributed by atoms with van der Waals surface area (Å²) in [6.07, 6.45) is -2.45. The van der Waals surface area contributed by atoms with E-state index < -0.39 is 17.5 Å². The fraction of sp³-hybridized carbons (Fsp3) is 0.529. The summed E-state index contributed by atoms with van der Waals surface area (Å²) in [7, 11) is 0. The molecule has 1 saturated carbocycles. The lowest BCUT2D eigenvalue weighted by molar-refractivity contribution is -0.137. The summed E-state index contributed by atoms with van der Waals surface area (Å²) >= 11 is 0. The van der Waals surface area contributed by atoms with E-state index in [1.165, 1.54) is 12.1 Å². The molecule has 6 nitrogen and oxygen atoms in total. The van der Waals surface area contributed by atoms with Crippen molar-refractivity contribution in [1.29, 1.82) is 0 Å². The second-order valence-electron chi connectivity index (χ2n) is 7.38. The summed E-state index contributed by atoms with van der Waals surface area (Å²) < 4.78 is 45.0. The van der Waals surface area contributed by atoms with Crippen molar-refractivity contribution in [2.45, 2.75) is 32.0 Å². The van der Waals surface area contributed by atoms with E-state index in [0.717, 1.165) is 32.0 Å². The van der Waals surface area contributed by atoms with Crippen LogP contribution in [0.5, 0.6) is 0 Å². The fourth-order valence-corrected chi connectivity index (χ4v) is 3.93. The first-order chi connectivity index (χ1) is 12.3. The first kappa shape index (κ1) is 17.1. The Morgan fingerprint density at radius 2 is 2.08 bits per heavy atom. The number of H-pyrrole nitrogens is 1. The maximum Gasteiger partial charge on any atom is 0.434 e. The smallest absolute Gasteiger partial charge is 0.388 e. The summed E-state index contributed by atoms with van der Waals surface area (Å²) in [5.74, 6) is -0.454. The number of anilines is 1. The molecule has 2 aromatic rings. The van der Waals surface area contributed by atoms with Crippen LogP contribution in [0.4, 0.5) is 18.9 Å². The molecule has 1 saturated heterocycles. The highest BCUT2D eigenvalue weighted by Crippen LogP contribution is 2.50. The Morgan fingerprint density at radius 3 is 2.62 bits per heavy atom. The lowest BCUT2D eigenvalue weighted by Gasteiger charge is -2.56. The van der Waals surface area contributed by atoms with Crippen LogP contribution in [0.3, 0.4) is 0 Å². The molecule has 1 aliphatic carbocycles. The SMILES string of the molecule is C[C@H](Nc1cc(-c2n[nH]c(=O)o2)ccc1C(F)(F)F)C1CC2(CNC2)C1.